The highest BCUT2D eigenvalue weighted by Crippen LogP contribution is 2.21. The first-order chi connectivity index (χ1) is 11.5. The van der Waals surface area contributed by atoms with E-state index in [-0.39, 0.29) is 23.0 Å². The number of carbonyl (C=O) groups excluding carboxylic acids is 2. The molecule has 0 saturated carbocycles. The van der Waals surface area contributed by atoms with Crippen LogP contribution in [0.3, 0.4) is 0 Å². The highest BCUT2D eigenvalue weighted by molar-refractivity contribution is 9.10. The van der Waals surface area contributed by atoms with Crippen LogP contribution in [0.25, 0.3) is 0 Å². The fraction of sp³-hybridized carbons (Fsp3) is 0. The molecule has 24 heavy (non-hydrogen) atoms. The van der Waals surface area contributed by atoms with Gasteiger partial charge in [0.05, 0.1) is 11.4 Å². The highest BCUT2D eigenvalue weighted by Gasteiger charge is 2.20. The van der Waals surface area contributed by atoms with Gasteiger partial charge < -0.3 is 10.6 Å². The third-order valence-electron chi connectivity index (χ3n) is 3.33. The Bertz CT molecular complexity index is 780. The first-order valence-corrected chi connectivity index (χ1v) is 8.67. The van der Waals surface area contributed by atoms with E-state index in [0.717, 1.165) is 20.3 Å². The van der Waals surface area contributed by atoms with Crippen LogP contribution < -0.4 is 10.6 Å². The van der Waals surface area contributed by atoms with Crippen molar-refractivity contribution < 1.29 is 9.59 Å². The lowest BCUT2D eigenvalue weighted by Gasteiger charge is -2.15. The topological polar surface area (TPSA) is 58.2 Å². The molecule has 1 aliphatic carbocycles. The molecule has 0 spiro atoms. The van der Waals surface area contributed by atoms with E-state index in [4.69, 9.17) is 0 Å². The first kappa shape index (κ1) is 16.7. The van der Waals surface area contributed by atoms with Gasteiger partial charge >= 0.3 is 0 Å². The quantitative estimate of drug-likeness (QED) is 0.669. The predicted molar refractivity (Wildman–Crippen MR) is 102 cm³/mol. The van der Waals surface area contributed by atoms with Crippen molar-refractivity contribution in [2.45, 2.75) is 0 Å². The minimum absolute atomic E-state index is 0.253. The molecule has 2 aromatic rings. The molecule has 4 nitrogen and oxygen atoms in total. The van der Waals surface area contributed by atoms with Crippen molar-refractivity contribution in [3.63, 3.8) is 0 Å². The molecule has 0 radical (unpaired) electrons. The Hall–Kier alpha value is -2.18. The number of allylic oxidation sites excluding steroid dienone is 2. The summed E-state index contributed by atoms with van der Waals surface area (Å²) < 4.78 is 1.88. The fourth-order valence-electron chi connectivity index (χ4n) is 2.13. The molecular weight excluding hydrogens is 436 g/mol. The number of nitrogens with one attached hydrogen (secondary N) is 2. The molecule has 1 aliphatic rings. The molecule has 0 atom stereocenters. The fourth-order valence-corrected chi connectivity index (χ4v) is 2.66. The summed E-state index contributed by atoms with van der Waals surface area (Å²) in [4.78, 5) is 24.5. The van der Waals surface area contributed by atoms with E-state index >= 15 is 0 Å². The maximum Gasteiger partial charge on any atom is 0.204 e. The molecular formula is C18H12Br2N2O2. The summed E-state index contributed by atoms with van der Waals surface area (Å²) in [6.07, 6.45) is 2.62. The summed E-state index contributed by atoms with van der Waals surface area (Å²) in [5.41, 5.74) is 1.99. The summed E-state index contributed by atoms with van der Waals surface area (Å²) in [7, 11) is 0. The van der Waals surface area contributed by atoms with Gasteiger partial charge in [-0.3, -0.25) is 9.59 Å². The van der Waals surface area contributed by atoms with E-state index in [1.165, 1.54) is 12.2 Å². The van der Waals surface area contributed by atoms with Gasteiger partial charge in [-0.2, -0.15) is 0 Å². The summed E-state index contributed by atoms with van der Waals surface area (Å²) in [5.74, 6) is -0.505. The molecule has 120 valence electrons. The monoisotopic (exact) mass is 446 g/mol. The third-order valence-corrected chi connectivity index (χ3v) is 4.39. The van der Waals surface area contributed by atoms with Crippen LogP contribution in [0.15, 0.2) is 81.0 Å². The molecule has 0 fully saturated rings. The summed E-state index contributed by atoms with van der Waals surface area (Å²) in [6.45, 7) is 0. The van der Waals surface area contributed by atoms with Crippen LogP contribution in [0.4, 0.5) is 11.4 Å². The Balaban J connectivity index is 1.73. The van der Waals surface area contributed by atoms with Gasteiger partial charge in [0.1, 0.15) is 0 Å². The minimum atomic E-state index is -0.253. The molecule has 0 unspecified atom stereocenters. The van der Waals surface area contributed by atoms with Crippen LogP contribution in [0.5, 0.6) is 0 Å². The van der Waals surface area contributed by atoms with E-state index in [9.17, 15) is 9.59 Å². The largest absolute Gasteiger partial charge is 0.352 e. The summed E-state index contributed by atoms with van der Waals surface area (Å²) in [5, 5.41) is 5.94. The second-order valence-corrected chi connectivity index (χ2v) is 6.94. The number of ketones is 2. The SMILES string of the molecule is O=C1C=C(Nc2ccc(Br)cc2)C(=O)C=C1Nc1ccc(Br)cc1. The Morgan fingerprint density at radius 2 is 0.917 bits per heavy atom. The third kappa shape index (κ3) is 4.01. The number of anilines is 2. The standard InChI is InChI=1S/C18H12Br2N2O2/c19-11-1-5-13(6-2-11)21-15-9-18(24)16(10-17(15)23)22-14-7-3-12(20)4-8-14/h1-10,21-22H. The zero-order chi connectivity index (χ0) is 17.1. The van der Waals surface area contributed by atoms with Gasteiger partial charge in [-0.05, 0) is 48.5 Å². The highest BCUT2D eigenvalue weighted by atomic mass is 79.9. The lowest BCUT2D eigenvalue weighted by molar-refractivity contribution is -0.115. The molecule has 0 amide bonds. The number of carbonyl (C=O) groups is 2. The van der Waals surface area contributed by atoms with Gasteiger partial charge in [0, 0.05) is 32.5 Å². The molecule has 6 heteroatoms. The Morgan fingerprint density at radius 1 is 0.583 bits per heavy atom. The molecule has 0 aliphatic heterocycles. The van der Waals surface area contributed by atoms with Gasteiger partial charge in [-0.1, -0.05) is 31.9 Å². The van der Waals surface area contributed by atoms with E-state index in [2.05, 4.69) is 42.5 Å². The smallest absolute Gasteiger partial charge is 0.204 e. The van der Waals surface area contributed by atoms with Crippen LogP contribution in [0.1, 0.15) is 0 Å². The second-order valence-electron chi connectivity index (χ2n) is 5.11. The van der Waals surface area contributed by atoms with Crippen LogP contribution in [-0.2, 0) is 9.59 Å². The number of hydrogen-bond donors (Lipinski definition) is 2. The van der Waals surface area contributed by atoms with Crippen molar-refractivity contribution in [1.82, 2.24) is 0 Å². The van der Waals surface area contributed by atoms with Gasteiger partial charge in [0.25, 0.3) is 0 Å². The van der Waals surface area contributed by atoms with Gasteiger partial charge in [-0.25, -0.2) is 0 Å². The van der Waals surface area contributed by atoms with Crippen molar-refractivity contribution in [2.24, 2.45) is 0 Å². The predicted octanol–water partition coefficient (Wildman–Crippen LogP) is 4.66. The number of hydrogen-bond acceptors (Lipinski definition) is 4. The molecule has 0 saturated heterocycles. The maximum atomic E-state index is 12.2. The lowest BCUT2D eigenvalue weighted by atomic mass is 10.1. The zero-order valence-electron chi connectivity index (χ0n) is 12.3. The Labute approximate surface area is 155 Å². The first-order valence-electron chi connectivity index (χ1n) is 7.08. The molecule has 0 bridgehead atoms. The van der Waals surface area contributed by atoms with Crippen LogP contribution in [0, 0.1) is 0 Å². The van der Waals surface area contributed by atoms with E-state index in [1.54, 1.807) is 0 Å². The number of halogens is 2. The molecule has 2 aromatic carbocycles. The van der Waals surface area contributed by atoms with Crippen LogP contribution in [-0.4, -0.2) is 11.6 Å². The summed E-state index contributed by atoms with van der Waals surface area (Å²) in [6, 6.07) is 14.7. The van der Waals surface area contributed by atoms with E-state index in [1.807, 2.05) is 48.5 Å². The van der Waals surface area contributed by atoms with Crippen LogP contribution in [0.2, 0.25) is 0 Å². The average Bonchev–Trinajstić information content (AvgIpc) is 2.56. The Kier molecular flexibility index (Phi) is 4.97. The van der Waals surface area contributed by atoms with Crippen molar-refractivity contribution in [3.8, 4) is 0 Å². The molecule has 0 heterocycles. The summed E-state index contributed by atoms with van der Waals surface area (Å²) >= 11 is 6.70. The maximum absolute atomic E-state index is 12.2. The lowest BCUT2D eigenvalue weighted by Crippen LogP contribution is -2.21. The Morgan fingerprint density at radius 3 is 1.25 bits per heavy atom. The van der Waals surface area contributed by atoms with E-state index in [0.29, 0.717) is 0 Å². The second kappa shape index (κ2) is 7.15. The number of rotatable bonds is 4. The number of benzene rings is 2. The molecule has 3 rings (SSSR count). The van der Waals surface area contributed by atoms with Crippen molar-refractivity contribution in [3.05, 3.63) is 81.0 Å². The minimum Gasteiger partial charge on any atom is -0.352 e. The van der Waals surface area contributed by atoms with E-state index < -0.39 is 0 Å². The molecule has 0 aromatic heterocycles. The average molecular weight is 448 g/mol. The van der Waals surface area contributed by atoms with Gasteiger partial charge in [-0.15, -0.1) is 0 Å². The van der Waals surface area contributed by atoms with Crippen LogP contribution >= 0.6 is 31.9 Å². The van der Waals surface area contributed by atoms with Crippen molar-refractivity contribution in [1.29, 1.82) is 0 Å². The van der Waals surface area contributed by atoms with Crippen molar-refractivity contribution >= 4 is 54.8 Å². The normalized spacial score (nSPS) is 14.1. The van der Waals surface area contributed by atoms with Gasteiger partial charge in [0.2, 0.25) is 11.6 Å². The zero-order valence-corrected chi connectivity index (χ0v) is 15.5. The van der Waals surface area contributed by atoms with Crippen molar-refractivity contribution in [2.75, 3.05) is 10.6 Å². The van der Waals surface area contributed by atoms with Gasteiger partial charge in [0.15, 0.2) is 0 Å². The molecule has 2 N–H and O–H groups in total.